The van der Waals surface area contributed by atoms with Crippen molar-refractivity contribution < 1.29 is 24.0 Å². The number of carboxylic acid groups (broad SMARTS) is 1. The third-order valence-corrected chi connectivity index (χ3v) is 2.36. The molecule has 20 heavy (non-hydrogen) atoms. The van der Waals surface area contributed by atoms with Crippen LogP contribution in [0.4, 0.5) is 10.1 Å². The van der Waals surface area contributed by atoms with E-state index in [2.05, 4.69) is 4.98 Å². The molecule has 0 atom stereocenters. The Morgan fingerprint density at radius 2 is 2.15 bits per heavy atom. The number of carboxylic acids is 1. The Morgan fingerprint density at radius 3 is 2.75 bits per heavy atom. The predicted molar refractivity (Wildman–Crippen MR) is 64.3 cm³/mol. The number of nitrogens with zero attached hydrogens (tertiary/aromatic N) is 2. The second-order valence-electron chi connectivity index (χ2n) is 3.65. The Labute approximate surface area is 111 Å². The molecular weight excluding hydrogens is 271 g/mol. The van der Waals surface area contributed by atoms with Gasteiger partial charge in [0, 0.05) is 18.3 Å². The molecule has 0 saturated carbocycles. The Balaban J connectivity index is 2.34. The lowest BCUT2D eigenvalue weighted by molar-refractivity contribution is -0.386. The fourth-order valence-electron chi connectivity index (χ4n) is 1.46. The van der Waals surface area contributed by atoms with E-state index in [-0.39, 0.29) is 17.2 Å². The molecule has 0 bridgehead atoms. The van der Waals surface area contributed by atoms with Crippen molar-refractivity contribution in [1.29, 1.82) is 0 Å². The molecule has 0 amide bonds. The van der Waals surface area contributed by atoms with Crippen LogP contribution in [0.3, 0.4) is 0 Å². The molecule has 1 N–H and O–H groups in total. The van der Waals surface area contributed by atoms with Gasteiger partial charge in [0.15, 0.2) is 0 Å². The first-order valence-electron chi connectivity index (χ1n) is 5.28. The average molecular weight is 278 g/mol. The number of ether oxygens (including phenoxy) is 1. The van der Waals surface area contributed by atoms with E-state index >= 15 is 0 Å². The number of hydrogen-bond acceptors (Lipinski definition) is 5. The van der Waals surface area contributed by atoms with E-state index in [0.29, 0.717) is 0 Å². The third kappa shape index (κ3) is 2.69. The number of carbonyl (C=O) groups is 1. The molecule has 8 heteroatoms. The summed E-state index contributed by atoms with van der Waals surface area (Å²) in [6.07, 6.45) is 2.28. The maximum Gasteiger partial charge on any atom is 0.338 e. The van der Waals surface area contributed by atoms with E-state index in [1.807, 2.05) is 0 Å². The van der Waals surface area contributed by atoms with Gasteiger partial charge in [-0.1, -0.05) is 0 Å². The molecule has 7 nitrogen and oxygen atoms in total. The molecule has 0 aliphatic rings. The van der Waals surface area contributed by atoms with Gasteiger partial charge < -0.3 is 9.84 Å². The number of aromatic nitrogens is 1. The standard InChI is InChI=1S/C12H7FN2O5/c13-9-5-7(1-2-8(9)12(16)17)20-11-3-4-14-6-10(11)15(18)19/h1-6H,(H,16,17). The van der Waals surface area contributed by atoms with Crippen LogP contribution in [0.5, 0.6) is 11.5 Å². The number of rotatable bonds is 4. The number of halogens is 1. The molecule has 0 aliphatic carbocycles. The van der Waals surface area contributed by atoms with Gasteiger partial charge in [-0.15, -0.1) is 0 Å². The molecule has 102 valence electrons. The number of benzene rings is 1. The molecule has 0 fully saturated rings. The lowest BCUT2D eigenvalue weighted by atomic mass is 10.2. The zero-order valence-electron chi connectivity index (χ0n) is 9.82. The van der Waals surface area contributed by atoms with Crippen LogP contribution in [-0.2, 0) is 0 Å². The van der Waals surface area contributed by atoms with E-state index in [0.717, 1.165) is 18.3 Å². The van der Waals surface area contributed by atoms with Gasteiger partial charge >= 0.3 is 11.7 Å². The van der Waals surface area contributed by atoms with Crippen LogP contribution in [0.2, 0.25) is 0 Å². The van der Waals surface area contributed by atoms with Crippen molar-refractivity contribution in [1.82, 2.24) is 4.98 Å². The highest BCUT2D eigenvalue weighted by molar-refractivity contribution is 5.88. The quantitative estimate of drug-likeness (QED) is 0.681. The zero-order valence-corrected chi connectivity index (χ0v) is 9.82. The molecule has 0 aliphatic heterocycles. The monoisotopic (exact) mass is 278 g/mol. The summed E-state index contributed by atoms with van der Waals surface area (Å²) < 4.78 is 18.6. The van der Waals surface area contributed by atoms with Crippen molar-refractivity contribution >= 4 is 11.7 Å². The van der Waals surface area contributed by atoms with Crippen LogP contribution in [0, 0.1) is 15.9 Å². The maximum absolute atomic E-state index is 13.5. The first-order valence-corrected chi connectivity index (χ1v) is 5.28. The SMILES string of the molecule is O=C(O)c1ccc(Oc2ccncc2[N+](=O)[O-])cc1F. The average Bonchev–Trinajstić information content (AvgIpc) is 2.38. The van der Waals surface area contributed by atoms with Gasteiger partial charge in [-0.3, -0.25) is 15.1 Å². The second-order valence-corrected chi connectivity index (χ2v) is 3.65. The lowest BCUT2D eigenvalue weighted by Gasteiger charge is -2.06. The molecule has 1 aromatic heterocycles. The van der Waals surface area contributed by atoms with Gasteiger partial charge in [0.1, 0.15) is 17.8 Å². The largest absolute Gasteiger partial charge is 0.478 e. The summed E-state index contributed by atoms with van der Waals surface area (Å²) in [6.45, 7) is 0. The topological polar surface area (TPSA) is 103 Å². The van der Waals surface area contributed by atoms with Gasteiger partial charge in [0.2, 0.25) is 5.75 Å². The van der Waals surface area contributed by atoms with Gasteiger partial charge in [-0.05, 0) is 12.1 Å². The Morgan fingerprint density at radius 1 is 1.40 bits per heavy atom. The van der Waals surface area contributed by atoms with Gasteiger partial charge in [0.05, 0.1) is 10.5 Å². The predicted octanol–water partition coefficient (Wildman–Crippen LogP) is 2.62. The van der Waals surface area contributed by atoms with E-state index in [4.69, 9.17) is 9.84 Å². The first kappa shape index (κ1) is 13.4. The van der Waals surface area contributed by atoms with E-state index in [1.165, 1.54) is 18.3 Å². The summed E-state index contributed by atoms with van der Waals surface area (Å²) in [5.74, 6) is -2.58. The van der Waals surface area contributed by atoms with E-state index < -0.39 is 22.3 Å². The van der Waals surface area contributed by atoms with Gasteiger partial charge in [-0.2, -0.15) is 0 Å². The molecule has 1 aromatic carbocycles. The molecule has 0 unspecified atom stereocenters. The Hall–Kier alpha value is -3.03. The maximum atomic E-state index is 13.5. The van der Waals surface area contributed by atoms with Crippen molar-refractivity contribution in [3.63, 3.8) is 0 Å². The van der Waals surface area contributed by atoms with Crippen molar-refractivity contribution in [2.24, 2.45) is 0 Å². The van der Waals surface area contributed by atoms with Crippen LogP contribution in [0.1, 0.15) is 10.4 Å². The van der Waals surface area contributed by atoms with Crippen molar-refractivity contribution in [3.8, 4) is 11.5 Å². The molecule has 1 heterocycles. The summed E-state index contributed by atoms with van der Waals surface area (Å²) in [5, 5.41) is 19.4. The van der Waals surface area contributed by atoms with E-state index in [1.54, 1.807) is 0 Å². The Bertz CT molecular complexity index is 689. The molecule has 2 aromatic rings. The second kappa shape index (κ2) is 5.31. The zero-order chi connectivity index (χ0) is 14.7. The van der Waals surface area contributed by atoms with Crippen LogP contribution in [-0.4, -0.2) is 21.0 Å². The van der Waals surface area contributed by atoms with Crippen LogP contribution < -0.4 is 4.74 Å². The number of nitro groups is 1. The van der Waals surface area contributed by atoms with Crippen LogP contribution in [0.25, 0.3) is 0 Å². The Kier molecular flexibility index (Phi) is 3.56. The summed E-state index contributed by atoms with van der Waals surface area (Å²) in [7, 11) is 0. The molecule has 0 radical (unpaired) electrons. The summed E-state index contributed by atoms with van der Waals surface area (Å²) in [6, 6.07) is 4.31. The van der Waals surface area contributed by atoms with Crippen molar-refractivity contribution in [2.45, 2.75) is 0 Å². The fraction of sp³-hybridized carbons (Fsp3) is 0. The summed E-state index contributed by atoms with van der Waals surface area (Å²) in [4.78, 5) is 24.3. The van der Waals surface area contributed by atoms with Gasteiger partial charge in [0.25, 0.3) is 0 Å². The lowest BCUT2D eigenvalue weighted by Crippen LogP contribution is -2.00. The highest BCUT2D eigenvalue weighted by Gasteiger charge is 2.17. The minimum atomic E-state index is -1.41. The highest BCUT2D eigenvalue weighted by atomic mass is 19.1. The summed E-state index contributed by atoms with van der Waals surface area (Å²) in [5.41, 5.74) is -0.892. The van der Waals surface area contributed by atoms with Crippen molar-refractivity contribution in [2.75, 3.05) is 0 Å². The first-order chi connectivity index (χ1) is 9.49. The highest BCUT2D eigenvalue weighted by Crippen LogP contribution is 2.30. The smallest absolute Gasteiger partial charge is 0.338 e. The minimum absolute atomic E-state index is 0.0539. The minimum Gasteiger partial charge on any atom is -0.478 e. The molecule has 2 rings (SSSR count). The van der Waals surface area contributed by atoms with Gasteiger partial charge in [-0.25, -0.2) is 9.18 Å². The number of hydrogen-bond donors (Lipinski definition) is 1. The van der Waals surface area contributed by atoms with Crippen LogP contribution in [0.15, 0.2) is 36.7 Å². The fourth-order valence-corrected chi connectivity index (χ4v) is 1.46. The normalized spacial score (nSPS) is 10.1. The number of pyridine rings is 1. The third-order valence-electron chi connectivity index (χ3n) is 2.36. The number of aromatic carboxylic acids is 1. The summed E-state index contributed by atoms with van der Waals surface area (Å²) >= 11 is 0. The van der Waals surface area contributed by atoms with Crippen molar-refractivity contribution in [3.05, 3.63) is 58.2 Å². The molecule has 0 spiro atoms. The molecule has 0 saturated heterocycles. The van der Waals surface area contributed by atoms with Crippen LogP contribution >= 0.6 is 0 Å². The van der Waals surface area contributed by atoms with E-state index in [9.17, 15) is 19.3 Å². The molecular formula is C12H7FN2O5.